The van der Waals surface area contributed by atoms with E-state index in [1.165, 1.54) is 0 Å². The minimum Gasteiger partial charge on any atom is -0.482 e. The molecule has 1 heterocycles. The first-order chi connectivity index (χ1) is 8.59. The Labute approximate surface area is 106 Å². The van der Waals surface area contributed by atoms with Crippen LogP contribution < -0.4 is 10.2 Å². The van der Waals surface area contributed by atoms with Crippen LogP contribution in [0.3, 0.4) is 0 Å². The number of rotatable bonds is 3. The maximum absolute atomic E-state index is 12.0. The Morgan fingerprint density at radius 1 is 1.06 bits per heavy atom. The molecule has 0 radical (unpaired) electrons. The highest BCUT2D eigenvalue weighted by Crippen LogP contribution is 2.17. The molecule has 1 aromatic carbocycles. The van der Waals surface area contributed by atoms with Crippen LogP contribution in [0.5, 0.6) is 5.75 Å². The summed E-state index contributed by atoms with van der Waals surface area (Å²) >= 11 is 0. The quantitative estimate of drug-likeness (QED) is 0.832. The van der Waals surface area contributed by atoms with E-state index in [1.54, 1.807) is 20.8 Å². The molecule has 0 amide bonds. The number of aryl methyl sites for hydroxylation is 2. The third-order valence-corrected chi connectivity index (χ3v) is 2.93. The number of hydrogen-bond acceptors (Lipinski definition) is 3. The van der Waals surface area contributed by atoms with Crippen molar-refractivity contribution in [3.05, 3.63) is 63.2 Å². The van der Waals surface area contributed by atoms with Crippen molar-refractivity contribution in [3.8, 4) is 5.75 Å². The SMILES string of the molecule is Cc1oc(C)c(OCc2ccccc2)c(=O)c1C. The molecule has 94 valence electrons. The third-order valence-electron chi connectivity index (χ3n) is 2.93. The first-order valence-corrected chi connectivity index (χ1v) is 5.87. The van der Waals surface area contributed by atoms with E-state index in [0.29, 0.717) is 29.4 Å². The Hall–Kier alpha value is -2.03. The lowest BCUT2D eigenvalue weighted by atomic mass is 10.2. The first kappa shape index (κ1) is 12.4. The predicted octanol–water partition coefficient (Wildman–Crippen LogP) is 3.14. The summed E-state index contributed by atoms with van der Waals surface area (Å²) in [5, 5.41) is 0. The first-order valence-electron chi connectivity index (χ1n) is 5.87. The van der Waals surface area contributed by atoms with Crippen LogP contribution >= 0.6 is 0 Å². The molecule has 0 aliphatic rings. The fourth-order valence-electron chi connectivity index (χ4n) is 1.74. The van der Waals surface area contributed by atoms with Crippen molar-refractivity contribution in [2.45, 2.75) is 27.4 Å². The second kappa shape index (κ2) is 5.08. The molecule has 0 N–H and O–H groups in total. The number of ether oxygens (including phenoxy) is 1. The molecule has 1 aromatic heterocycles. The molecule has 0 unspecified atom stereocenters. The van der Waals surface area contributed by atoms with E-state index in [4.69, 9.17) is 9.15 Å². The van der Waals surface area contributed by atoms with Gasteiger partial charge in [0.15, 0.2) is 0 Å². The van der Waals surface area contributed by atoms with Crippen LogP contribution in [0, 0.1) is 20.8 Å². The standard InChI is InChI=1S/C15H16O3/c1-10-11(2)18-12(3)15(14(10)16)17-9-13-7-5-4-6-8-13/h4-8H,9H2,1-3H3. The minimum absolute atomic E-state index is 0.0906. The van der Waals surface area contributed by atoms with Crippen LogP contribution in [-0.4, -0.2) is 0 Å². The molecule has 18 heavy (non-hydrogen) atoms. The summed E-state index contributed by atoms with van der Waals surface area (Å²) in [4.78, 5) is 12.0. The van der Waals surface area contributed by atoms with Gasteiger partial charge >= 0.3 is 0 Å². The van der Waals surface area contributed by atoms with Gasteiger partial charge in [0.25, 0.3) is 0 Å². The average Bonchev–Trinajstić information content (AvgIpc) is 2.37. The van der Waals surface area contributed by atoms with E-state index in [1.807, 2.05) is 30.3 Å². The molecule has 0 bridgehead atoms. The van der Waals surface area contributed by atoms with Crippen molar-refractivity contribution in [1.29, 1.82) is 0 Å². The summed E-state index contributed by atoms with van der Waals surface area (Å²) < 4.78 is 11.1. The summed E-state index contributed by atoms with van der Waals surface area (Å²) in [5.74, 6) is 1.48. The minimum atomic E-state index is -0.0906. The van der Waals surface area contributed by atoms with Gasteiger partial charge in [-0.25, -0.2) is 0 Å². The Kier molecular flexibility index (Phi) is 3.51. The van der Waals surface area contributed by atoms with Gasteiger partial charge in [0.1, 0.15) is 18.1 Å². The van der Waals surface area contributed by atoms with E-state index in [2.05, 4.69) is 0 Å². The van der Waals surface area contributed by atoms with Gasteiger partial charge in [-0.15, -0.1) is 0 Å². The van der Waals surface area contributed by atoms with Gasteiger partial charge in [0, 0.05) is 5.56 Å². The Balaban J connectivity index is 2.25. The maximum Gasteiger partial charge on any atom is 0.230 e. The Morgan fingerprint density at radius 2 is 1.72 bits per heavy atom. The van der Waals surface area contributed by atoms with E-state index < -0.39 is 0 Å². The van der Waals surface area contributed by atoms with E-state index in [0.717, 1.165) is 5.56 Å². The van der Waals surface area contributed by atoms with Crippen LogP contribution in [0.25, 0.3) is 0 Å². The third kappa shape index (κ3) is 2.45. The van der Waals surface area contributed by atoms with Crippen LogP contribution in [0.4, 0.5) is 0 Å². The van der Waals surface area contributed by atoms with Gasteiger partial charge in [-0.3, -0.25) is 4.79 Å². The fraction of sp³-hybridized carbons (Fsp3) is 0.267. The summed E-state index contributed by atoms with van der Waals surface area (Å²) in [5.41, 5.74) is 1.53. The van der Waals surface area contributed by atoms with Gasteiger partial charge < -0.3 is 9.15 Å². The molecule has 3 nitrogen and oxygen atoms in total. The molecular formula is C15H16O3. The van der Waals surface area contributed by atoms with Gasteiger partial charge in [-0.05, 0) is 26.3 Å². The summed E-state index contributed by atoms with van der Waals surface area (Å²) in [6.07, 6.45) is 0. The summed E-state index contributed by atoms with van der Waals surface area (Å²) in [7, 11) is 0. The second-order valence-corrected chi connectivity index (χ2v) is 4.27. The van der Waals surface area contributed by atoms with Crippen LogP contribution in [0.1, 0.15) is 22.6 Å². The lowest BCUT2D eigenvalue weighted by molar-refractivity contribution is 0.283. The highest BCUT2D eigenvalue weighted by Gasteiger charge is 2.12. The maximum atomic E-state index is 12.0. The monoisotopic (exact) mass is 244 g/mol. The lowest BCUT2D eigenvalue weighted by Crippen LogP contribution is -2.13. The zero-order valence-electron chi connectivity index (χ0n) is 10.8. The van der Waals surface area contributed by atoms with Crippen molar-refractivity contribution in [3.63, 3.8) is 0 Å². The van der Waals surface area contributed by atoms with Crippen molar-refractivity contribution in [2.24, 2.45) is 0 Å². The van der Waals surface area contributed by atoms with Crippen molar-refractivity contribution in [1.82, 2.24) is 0 Å². The van der Waals surface area contributed by atoms with Gasteiger partial charge in [0.05, 0.1) is 0 Å². The normalized spacial score (nSPS) is 10.4. The lowest BCUT2D eigenvalue weighted by Gasteiger charge is -2.09. The molecule has 0 spiro atoms. The van der Waals surface area contributed by atoms with Crippen molar-refractivity contribution in [2.75, 3.05) is 0 Å². The smallest absolute Gasteiger partial charge is 0.230 e. The largest absolute Gasteiger partial charge is 0.482 e. The zero-order valence-corrected chi connectivity index (χ0v) is 10.8. The van der Waals surface area contributed by atoms with Crippen LogP contribution in [0.15, 0.2) is 39.5 Å². The van der Waals surface area contributed by atoms with Crippen molar-refractivity contribution >= 4 is 0 Å². The van der Waals surface area contributed by atoms with E-state index in [9.17, 15) is 4.79 Å². The van der Waals surface area contributed by atoms with Crippen LogP contribution in [0.2, 0.25) is 0 Å². The molecule has 2 rings (SSSR count). The fourth-order valence-corrected chi connectivity index (χ4v) is 1.74. The molecule has 0 saturated heterocycles. The Bertz CT molecular complexity index is 597. The topological polar surface area (TPSA) is 39.4 Å². The molecule has 0 aliphatic heterocycles. The average molecular weight is 244 g/mol. The van der Waals surface area contributed by atoms with Crippen molar-refractivity contribution < 1.29 is 9.15 Å². The second-order valence-electron chi connectivity index (χ2n) is 4.27. The molecule has 3 heteroatoms. The van der Waals surface area contributed by atoms with E-state index in [-0.39, 0.29) is 5.43 Å². The molecule has 2 aromatic rings. The van der Waals surface area contributed by atoms with Crippen LogP contribution in [-0.2, 0) is 6.61 Å². The van der Waals surface area contributed by atoms with Gasteiger partial charge in [-0.1, -0.05) is 30.3 Å². The highest BCUT2D eigenvalue weighted by atomic mass is 16.5. The predicted molar refractivity (Wildman–Crippen MR) is 70.0 cm³/mol. The molecule has 0 atom stereocenters. The number of hydrogen-bond donors (Lipinski definition) is 0. The highest BCUT2D eigenvalue weighted by molar-refractivity contribution is 5.31. The molecule has 0 saturated carbocycles. The van der Waals surface area contributed by atoms with Gasteiger partial charge in [0.2, 0.25) is 11.2 Å². The zero-order chi connectivity index (χ0) is 13.1. The summed E-state index contributed by atoms with van der Waals surface area (Å²) in [6, 6.07) is 9.73. The summed E-state index contributed by atoms with van der Waals surface area (Å²) in [6.45, 7) is 5.64. The Morgan fingerprint density at radius 3 is 2.39 bits per heavy atom. The van der Waals surface area contributed by atoms with Gasteiger partial charge in [-0.2, -0.15) is 0 Å². The molecule has 0 aliphatic carbocycles. The van der Waals surface area contributed by atoms with E-state index >= 15 is 0 Å². The molecule has 0 fully saturated rings. The number of benzene rings is 1. The molecular weight excluding hydrogens is 228 g/mol.